The Morgan fingerprint density at radius 3 is 1.57 bits per heavy atom. The maximum absolute atomic E-state index is 13.4. The van der Waals surface area contributed by atoms with E-state index in [1.165, 1.54) is 0 Å². The lowest BCUT2D eigenvalue weighted by atomic mass is 9.86. The van der Waals surface area contributed by atoms with Gasteiger partial charge in [0.1, 0.15) is 6.61 Å². The fourth-order valence-corrected chi connectivity index (χ4v) is 1.68. The molecule has 1 atom stereocenters. The molecule has 166 valence electrons. The van der Waals surface area contributed by atoms with Gasteiger partial charge in [0, 0.05) is 12.5 Å². The molecule has 0 aromatic carbocycles. The first-order chi connectivity index (χ1) is 12.1. The smallest absolute Gasteiger partial charge is 0.438 e. The minimum absolute atomic E-state index is 0.373. The fourth-order valence-electron chi connectivity index (χ4n) is 1.68. The first kappa shape index (κ1) is 26.3. The molecule has 0 aromatic heterocycles. The standard InChI is InChI=1S/C12H9F13O3/c1-2-6(27)28-4-5(26)3-7(13,14)9(16,17)10(18,19)8(15,11(20,21)22)12(23,24)25/h2,5,26H,1,3-4H2. The van der Waals surface area contributed by atoms with Crippen LogP contribution in [0.4, 0.5) is 57.1 Å². The zero-order valence-electron chi connectivity index (χ0n) is 13.0. The average Bonchev–Trinajstić information content (AvgIpc) is 2.48. The Bertz CT molecular complexity index is 564. The number of alkyl halides is 13. The Morgan fingerprint density at radius 1 is 0.857 bits per heavy atom. The van der Waals surface area contributed by atoms with E-state index >= 15 is 0 Å². The summed E-state index contributed by atoms with van der Waals surface area (Å²) in [7, 11) is 0. The van der Waals surface area contributed by atoms with Gasteiger partial charge >= 0.3 is 41.8 Å². The van der Waals surface area contributed by atoms with E-state index in [0.29, 0.717) is 6.08 Å². The molecule has 0 radical (unpaired) electrons. The van der Waals surface area contributed by atoms with E-state index in [4.69, 9.17) is 5.11 Å². The van der Waals surface area contributed by atoms with Crippen LogP contribution >= 0.6 is 0 Å². The monoisotopic (exact) mass is 448 g/mol. The number of carbonyl (C=O) groups excluding carboxylic acids is 1. The van der Waals surface area contributed by atoms with Crippen LogP contribution in [0.2, 0.25) is 0 Å². The molecule has 0 saturated carbocycles. The fraction of sp³-hybridized carbons (Fsp3) is 0.750. The van der Waals surface area contributed by atoms with E-state index in [1.54, 1.807) is 0 Å². The lowest BCUT2D eigenvalue weighted by Gasteiger charge is -2.42. The van der Waals surface area contributed by atoms with Crippen LogP contribution in [0.1, 0.15) is 6.42 Å². The van der Waals surface area contributed by atoms with Gasteiger partial charge in [0.25, 0.3) is 0 Å². The lowest BCUT2D eigenvalue weighted by Crippen LogP contribution is -2.73. The number of hydrogen-bond acceptors (Lipinski definition) is 3. The van der Waals surface area contributed by atoms with E-state index in [1.807, 2.05) is 0 Å². The summed E-state index contributed by atoms with van der Waals surface area (Å²) in [6, 6.07) is 0. The number of aliphatic hydroxyl groups is 1. The van der Waals surface area contributed by atoms with Gasteiger partial charge in [0.15, 0.2) is 0 Å². The maximum atomic E-state index is 13.4. The summed E-state index contributed by atoms with van der Waals surface area (Å²) in [5, 5.41) is 8.97. The molecule has 0 heterocycles. The van der Waals surface area contributed by atoms with Gasteiger partial charge < -0.3 is 9.84 Å². The number of hydrogen-bond donors (Lipinski definition) is 1. The van der Waals surface area contributed by atoms with Crippen LogP contribution in [0, 0.1) is 0 Å². The van der Waals surface area contributed by atoms with Crippen molar-refractivity contribution in [1.29, 1.82) is 0 Å². The van der Waals surface area contributed by atoms with Crippen LogP contribution in [0.15, 0.2) is 12.7 Å². The zero-order valence-corrected chi connectivity index (χ0v) is 13.0. The van der Waals surface area contributed by atoms with Crippen molar-refractivity contribution in [3.63, 3.8) is 0 Å². The molecule has 28 heavy (non-hydrogen) atoms. The maximum Gasteiger partial charge on any atom is 0.438 e. The second-order valence-corrected chi connectivity index (χ2v) is 5.20. The van der Waals surface area contributed by atoms with Crippen molar-refractivity contribution < 1.29 is 71.7 Å². The van der Waals surface area contributed by atoms with Crippen molar-refractivity contribution in [3.05, 3.63) is 12.7 Å². The van der Waals surface area contributed by atoms with Gasteiger partial charge in [-0.25, -0.2) is 9.18 Å². The molecular formula is C12H9F13O3. The molecule has 0 bridgehead atoms. The summed E-state index contributed by atoms with van der Waals surface area (Å²) in [5.41, 5.74) is -8.06. The highest BCUT2D eigenvalue weighted by molar-refractivity contribution is 5.81. The predicted octanol–water partition coefficient (Wildman–Crippen LogP) is 4.21. The quantitative estimate of drug-likeness (QED) is 0.344. The molecule has 0 amide bonds. The van der Waals surface area contributed by atoms with Crippen LogP contribution in [-0.4, -0.2) is 59.6 Å². The van der Waals surface area contributed by atoms with Crippen molar-refractivity contribution in [2.45, 2.75) is 48.3 Å². The summed E-state index contributed by atoms with van der Waals surface area (Å²) in [4.78, 5) is 10.6. The zero-order chi connectivity index (χ0) is 23.0. The van der Waals surface area contributed by atoms with Gasteiger partial charge in [-0.3, -0.25) is 0 Å². The van der Waals surface area contributed by atoms with Crippen LogP contribution < -0.4 is 0 Å². The molecule has 1 unspecified atom stereocenters. The molecule has 0 aliphatic heterocycles. The van der Waals surface area contributed by atoms with Gasteiger partial charge in [-0.05, 0) is 0 Å². The number of halogens is 13. The van der Waals surface area contributed by atoms with E-state index in [9.17, 15) is 61.9 Å². The Labute approximate surface area is 146 Å². The molecule has 0 saturated heterocycles. The second-order valence-electron chi connectivity index (χ2n) is 5.20. The predicted molar refractivity (Wildman–Crippen MR) is 62.6 cm³/mol. The number of rotatable bonds is 8. The summed E-state index contributed by atoms with van der Waals surface area (Å²) in [6.45, 7) is 1.18. The molecular weight excluding hydrogens is 439 g/mol. The lowest BCUT2D eigenvalue weighted by molar-refractivity contribution is -0.445. The normalized spacial score (nSPS) is 15.9. The highest BCUT2D eigenvalue weighted by Crippen LogP contribution is 2.62. The van der Waals surface area contributed by atoms with E-state index in [2.05, 4.69) is 11.3 Å². The van der Waals surface area contributed by atoms with Crippen LogP contribution in [0.3, 0.4) is 0 Å². The molecule has 0 fully saturated rings. The summed E-state index contributed by atoms with van der Waals surface area (Å²) in [5.74, 6) is -23.6. The number of ether oxygens (including phenoxy) is 1. The van der Waals surface area contributed by atoms with E-state index in [0.717, 1.165) is 0 Å². The van der Waals surface area contributed by atoms with E-state index < -0.39 is 60.9 Å². The Balaban J connectivity index is 6.02. The minimum atomic E-state index is -8.06. The SMILES string of the molecule is C=CC(=O)OCC(O)CC(F)(F)C(F)(F)C(F)(F)C(F)(C(F)(F)F)C(F)(F)F. The third kappa shape index (κ3) is 4.30. The van der Waals surface area contributed by atoms with Crippen molar-refractivity contribution in [2.75, 3.05) is 6.61 Å². The van der Waals surface area contributed by atoms with E-state index in [-0.39, 0.29) is 0 Å². The molecule has 0 spiro atoms. The van der Waals surface area contributed by atoms with Gasteiger partial charge in [-0.15, -0.1) is 0 Å². The first-order valence-corrected chi connectivity index (χ1v) is 6.53. The second kappa shape index (κ2) is 7.59. The summed E-state index contributed by atoms with van der Waals surface area (Å²) in [6.07, 6.45) is -21.0. The Kier molecular flexibility index (Phi) is 7.12. The van der Waals surface area contributed by atoms with Crippen LogP contribution in [-0.2, 0) is 9.53 Å². The Hall–Kier alpha value is -1.74. The molecule has 0 aromatic rings. The topological polar surface area (TPSA) is 46.5 Å². The molecule has 0 aliphatic rings. The van der Waals surface area contributed by atoms with Crippen LogP contribution in [0.5, 0.6) is 0 Å². The largest absolute Gasteiger partial charge is 0.460 e. The number of carbonyl (C=O) groups is 1. The number of aliphatic hydroxyl groups excluding tert-OH is 1. The average molecular weight is 448 g/mol. The molecule has 1 N–H and O–H groups in total. The first-order valence-electron chi connectivity index (χ1n) is 6.53. The van der Waals surface area contributed by atoms with Gasteiger partial charge in [0.05, 0.1) is 6.10 Å². The van der Waals surface area contributed by atoms with Gasteiger partial charge in [-0.2, -0.15) is 52.7 Å². The molecule has 0 rings (SSSR count). The van der Waals surface area contributed by atoms with Crippen molar-refractivity contribution in [1.82, 2.24) is 0 Å². The molecule has 0 aliphatic carbocycles. The molecule has 16 heteroatoms. The molecule has 3 nitrogen and oxygen atoms in total. The third-order valence-electron chi connectivity index (χ3n) is 3.14. The minimum Gasteiger partial charge on any atom is -0.460 e. The van der Waals surface area contributed by atoms with Crippen molar-refractivity contribution in [3.8, 4) is 0 Å². The highest BCUT2D eigenvalue weighted by atomic mass is 19.4. The number of esters is 1. The Morgan fingerprint density at radius 2 is 1.25 bits per heavy atom. The third-order valence-corrected chi connectivity index (χ3v) is 3.14. The highest BCUT2D eigenvalue weighted by Gasteiger charge is 2.93. The van der Waals surface area contributed by atoms with Crippen molar-refractivity contribution in [2.24, 2.45) is 0 Å². The summed E-state index contributed by atoms with van der Waals surface area (Å²) < 4.78 is 171. The van der Waals surface area contributed by atoms with Gasteiger partial charge in [0.2, 0.25) is 0 Å². The summed E-state index contributed by atoms with van der Waals surface area (Å²) >= 11 is 0. The van der Waals surface area contributed by atoms with Crippen molar-refractivity contribution >= 4 is 5.97 Å². The van der Waals surface area contributed by atoms with Gasteiger partial charge in [-0.1, -0.05) is 6.58 Å². The van der Waals surface area contributed by atoms with Crippen LogP contribution in [0.25, 0.3) is 0 Å².